The lowest BCUT2D eigenvalue weighted by Gasteiger charge is -2.22. The van der Waals surface area contributed by atoms with Gasteiger partial charge in [0.1, 0.15) is 5.75 Å². The predicted octanol–water partition coefficient (Wildman–Crippen LogP) is 4.29. The van der Waals surface area contributed by atoms with E-state index in [9.17, 15) is 14.4 Å². The minimum Gasteiger partial charge on any atom is -0.434 e. The van der Waals surface area contributed by atoms with Crippen LogP contribution in [0.3, 0.4) is 0 Å². The van der Waals surface area contributed by atoms with Crippen LogP contribution < -0.4 is 4.74 Å². The normalized spacial score (nSPS) is 13.9. The number of hydrogen-bond acceptors (Lipinski definition) is 5. The van der Waals surface area contributed by atoms with Gasteiger partial charge in [-0.2, -0.15) is 0 Å². The van der Waals surface area contributed by atoms with E-state index in [2.05, 4.69) is 15.9 Å². The predicted molar refractivity (Wildman–Crippen MR) is 124 cm³/mol. The maximum absolute atomic E-state index is 12.9. The molecular weight excluding hydrogens is 476 g/mol. The van der Waals surface area contributed by atoms with Gasteiger partial charge < -0.3 is 19.3 Å². The molecule has 1 heterocycles. The van der Waals surface area contributed by atoms with Crippen LogP contribution in [0, 0.1) is 0 Å². The van der Waals surface area contributed by atoms with Crippen LogP contribution in [0.1, 0.15) is 35.7 Å². The smallest absolute Gasteiger partial charge is 0.434 e. The molecule has 1 aliphatic heterocycles. The maximum Gasteiger partial charge on any atom is 0.513 e. The van der Waals surface area contributed by atoms with Crippen LogP contribution in [0.5, 0.6) is 5.75 Å². The lowest BCUT2D eigenvalue weighted by Crippen LogP contribution is -2.37. The van der Waals surface area contributed by atoms with E-state index in [0.29, 0.717) is 50.3 Å². The largest absolute Gasteiger partial charge is 0.513 e. The Balaban J connectivity index is 1.51. The number of rotatable bonds is 6. The summed E-state index contributed by atoms with van der Waals surface area (Å²) in [6.45, 7) is 4.17. The first kappa shape index (κ1) is 23.8. The summed E-state index contributed by atoms with van der Waals surface area (Å²) in [6, 6.07) is 14.3. The second kappa shape index (κ2) is 11.7. The number of carbonyl (C=O) groups is 3. The van der Waals surface area contributed by atoms with Gasteiger partial charge in [0.05, 0.1) is 6.61 Å². The Morgan fingerprint density at radius 3 is 2.34 bits per heavy atom. The number of carbonyl (C=O) groups excluding carboxylic acids is 3. The Hall–Kier alpha value is -2.87. The van der Waals surface area contributed by atoms with E-state index in [4.69, 9.17) is 9.47 Å². The molecule has 0 unspecified atom stereocenters. The van der Waals surface area contributed by atoms with E-state index in [-0.39, 0.29) is 18.4 Å². The number of benzene rings is 2. The fourth-order valence-corrected chi connectivity index (χ4v) is 4.05. The molecule has 0 aliphatic carbocycles. The van der Waals surface area contributed by atoms with E-state index in [0.717, 1.165) is 16.5 Å². The van der Waals surface area contributed by atoms with Gasteiger partial charge in [-0.05, 0) is 55.7 Å². The van der Waals surface area contributed by atoms with Crippen molar-refractivity contribution in [2.24, 2.45) is 0 Å². The molecule has 2 amide bonds. The Morgan fingerprint density at radius 1 is 0.938 bits per heavy atom. The fourth-order valence-electron chi connectivity index (χ4n) is 3.56. The van der Waals surface area contributed by atoms with Gasteiger partial charge in [-0.25, -0.2) is 4.79 Å². The molecule has 170 valence electrons. The molecule has 0 radical (unpaired) electrons. The molecule has 3 rings (SSSR count). The highest BCUT2D eigenvalue weighted by atomic mass is 79.9. The topological polar surface area (TPSA) is 76.2 Å². The van der Waals surface area contributed by atoms with Crippen molar-refractivity contribution in [2.75, 3.05) is 32.8 Å². The molecule has 1 aliphatic rings. The maximum atomic E-state index is 12.9. The zero-order valence-electron chi connectivity index (χ0n) is 18.1. The molecular formula is C24H27BrN2O5. The fraction of sp³-hybridized carbons (Fsp3) is 0.375. The van der Waals surface area contributed by atoms with Crippen molar-refractivity contribution in [2.45, 2.75) is 26.2 Å². The molecule has 0 N–H and O–H groups in total. The molecule has 0 bridgehead atoms. The highest BCUT2D eigenvalue weighted by molar-refractivity contribution is 9.10. The molecule has 7 nitrogen and oxygen atoms in total. The number of amides is 2. The molecule has 2 aromatic carbocycles. The lowest BCUT2D eigenvalue weighted by molar-refractivity contribution is -0.131. The van der Waals surface area contributed by atoms with E-state index in [1.54, 1.807) is 36.1 Å². The van der Waals surface area contributed by atoms with Gasteiger partial charge in [0.2, 0.25) is 5.91 Å². The summed E-state index contributed by atoms with van der Waals surface area (Å²) in [5.41, 5.74) is 1.62. The van der Waals surface area contributed by atoms with Gasteiger partial charge in [-0.3, -0.25) is 9.59 Å². The first-order valence-electron chi connectivity index (χ1n) is 10.7. The molecule has 0 spiro atoms. The monoisotopic (exact) mass is 502 g/mol. The molecule has 1 fully saturated rings. The van der Waals surface area contributed by atoms with Gasteiger partial charge in [0.15, 0.2) is 0 Å². The second-order valence-corrected chi connectivity index (χ2v) is 8.28. The van der Waals surface area contributed by atoms with Crippen molar-refractivity contribution >= 4 is 33.9 Å². The minimum atomic E-state index is -0.775. The number of ether oxygens (including phenoxy) is 2. The van der Waals surface area contributed by atoms with Crippen molar-refractivity contribution in [1.82, 2.24) is 9.80 Å². The van der Waals surface area contributed by atoms with Crippen LogP contribution in [0.2, 0.25) is 0 Å². The number of hydrogen-bond donors (Lipinski definition) is 0. The molecule has 0 atom stereocenters. The van der Waals surface area contributed by atoms with Crippen molar-refractivity contribution in [3.8, 4) is 5.75 Å². The second-order valence-electron chi connectivity index (χ2n) is 7.43. The highest BCUT2D eigenvalue weighted by Crippen LogP contribution is 2.19. The van der Waals surface area contributed by atoms with Crippen molar-refractivity contribution < 1.29 is 23.9 Å². The van der Waals surface area contributed by atoms with Crippen LogP contribution in [0.15, 0.2) is 53.0 Å². The zero-order valence-corrected chi connectivity index (χ0v) is 19.7. The molecule has 0 saturated carbocycles. The summed E-state index contributed by atoms with van der Waals surface area (Å²) in [4.78, 5) is 40.6. The van der Waals surface area contributed by atoms with Crippen LogP contribution in [0.25, 0.3) is 0 Å². The van der Waals surface area contributed by atoms with Gasteiger partial charge in [0.25, 0.3) is 5.91 Å². The van der Waals surface area contributed by atoms with E-state index < -0.39 is 6.16 Å². The SMILES string of the molecule is CCOC(=O)Oc1ccc(C(=O)N2CCCN(C(=O)CCc3ccccc3Br)CC2)cc1. The number of nitrogens with zero attached hydrogens (tertiary/aromatic N) is 2. The first-order valence-corrected chi connectivity index (χ1v) is 11.5. The third-order valence-electron chi connectivity index (χ3n) is 5.27. The van der Waals surface area contributed by atoms with E-state index >= 15 is 0 Å². The summed E-state index contributed by atoms with van der Waals surface area (Å²) < 4.78 is 10.8. The Morgan fingerprint density at radius 2 is 1.62 bits per heavy atom. The summed E-state index contributed by atoms with van der Waals surface area (Å²) >= 11 is 3.52. The van der Waals surface area contributed by atoms with Crippen LogP contribution in [-0.4, -0.2) is 60.6 Å². The Kier molecular flexibility index (Phi) is 8.67. The van der Waals surface area contributed by atoms with E-state index in [1.807, 2.05) is 29.2 Å². The summed E-state index contributed by atoms with van der Waals surface area (Å²) in [5, 5.41) is 0. The molecule has 1 saturated heterocycles. The van der Waals surface area contributed by atoms with Crippen LogP contribution in [-0.2, 0) is 16.0 Å². The summed E-state index contributed by atoms with van der Waals surface area (Å²) in [6.07, 6.45) is 1.08. The third kappa shape index (κ3) is 6.56. The van der Waals surface area contributed by atoms with Gasteiger partial charge in [0, 0.05) is 42.6 Å². The van der Waals surface area contributed by atoms with Crippen molar-refractivity contribution in [3.63, 3.8) is 0 Å². The molecule has 2 aromatic rings. The number of halogens is 1. The Labute approximate surface area is 196 Å². The Bertz CT molecular complexity index is 948. The average Bonchev–Trinajstić information content (AvgIpc) is 3.05. The minimum absolute atomic E-state index is 0.102. The van der Waals surface area contributed by atoms with E-state index in [1.165, 1.54) is 0 Å². The summed E-state index contributed by atoms with van der Waals surface area (Å²) in [7, 11) is 0. The zero-order chi connectivity index (χ0) is 22.9. The standard InChI is InChI=1S/C24H27BrN2O5/c1-2-31-24(30)32-20-11-8-19(9-12-20)23(29)27-15-5-14-26(16-17-27)22(28)13-10-18-6-3-4-7-21(18)25/h3-4,6-9,11-12H,2,5,10,13-17H2,1H3. The van der Waals surface area contributed by atoms with Crippen LogP contribution in [0.4, 0.5) is 4.79 Å². The number of aryl methyl sites for hydroxylation is 1. The highest BCUT2D eigenvalue weighted by Gasteiger charge is 2.23. The first-order chi connectivity index (χ1) is 15.5. The molecule has 8 heteroatoms. The van der Waals surface area contributed by atoms with Crippen molar-refractivity contribution in [3.05, 3.63) is 64.1 Å². The molecule has 0 aromatic heterocycles. The summed E-state index contributed by atoms with van der Waals surface area (Å²) in [5.74, 6) is 0.323. The van der Waals surface area contributed by atoms with Gasteiger partial charge in [-0.1, -0.05) is 34.1 Å². The van der Waals surface area contributed by atoms with Crippen molar-refractivity contribution in [1.29, 1.82) is 0 Å². The van der Waals surface area contributed by atoms with Crippen LogP contribution >= 0.6 is 15.9 Å². The average molecular weight is 503 g/mol. The lowest BCUT2D eigenvalue weighted by atomic mass is 10.1. The van der Waals surface area contributed by atoms with Gasteiger partial charge >= 0.3 is 6.16 Å². The molecule has 32 heavy (non-hydrogen) atoms. The third-order valence-corrected chi connectivity index (χ3v) is 6.04. The van der Waals surface area contributed by atoms with Gasteiger partial charge in [-0.15, -0.1) is 0 Å². The quantitative estimate of drug-likeness (QED) is 0.434.